The molecule has 0 bridgehead atoms. The Morgan fingerprint density at radius 2 is 2.06 bits per heavy atom. The van der Waals surface area contributed by atoms with Crippen LogP contribution in [-0.2, 0) is 0 Å². The number of hydrogen-bond donors (Lipinski definition) is 3. The van der Waals surface area contributed by atoms with E-state index in [1.807, 2.05) is 0 Å². The molecule has 3 nitrogen and oxygen atoms in total. The second-order valence-electron chi connectivity index (χ2n) is 5.61. The van der Waals surface area contributed by atoms with Crippen molar-refractivity contribution in [1.82, 2.24) is 5.32 Å². The van der Waals surface area contributed by atoms with Crippen molar-refractivity contribution in [3.8, 4) is 0 Å². The highest BCUT2D eigenvalue weighted by Crippen LogP contribution is 2.25. The van der Waals surface area contributed by atoms with Gasteiger partial charge in [-0.25, -0.2) is 0 Å². The van der Waals surface area contributed by atoms with Crippen molar-refractivity contribution in [3.05, 3.63) is 0 Å². The zero-order valence-electron chi connectivity index (χ0n) is 11.5. The summed E-state index contributed by atoms with van der Waals surface area (Å²) in [7, 11) is 0. The third kappa shape index (κ3) is 4.57. The van der Waals surface area contributed by atoms with Crippen LogP contribution in [0.4, 0.5) is 0 Å². The molecule has 17 heavy (non-hydrogen) atoms. The average molecular weight is 242 g/mol. The summed E-state index contributed by atoms with van der Waals surface area (Å²) in [6.45, 7) is 5.53. The number of aliphatic hydroxyl groups is 1. The summed E-state index contributed by atoms with van der Waals surface area (Å²) >= 11 is 0. The normalized spacial score (nSPS) is 28.9. The fourth-order valence-electron chi connectivity index (χ4n) is 3.04. The van der Waals surface area contributed by atoms with E-state index in [2.05, 4.69) is 19.2 Å². The van der Waals surface area contributed by atoms with Crippen LogP contribution >= 0.6 is 0 Å². The lowest BCUT2D eigenvalue weighted by Gasteiger charge is -2.36. The Morgan fingerprint density at radius 3 is 2.65 bits per heavy atom. The van der Waals surface area contributed by atoms with Gasteiger partial charge in [-0.05, 0) is 31.1 Å². The molecule has 0 aromatic heterocycles. The molecule has 0 aromatic carbocycles. The van der Waals surface area contributed by atoms with Crippen molar-refractivity contribution in [2.24, 2.45) is 17.6 Å². The molecule has 3 heteroatoms. The molecular formula is C14H30N2O. The van der Waals surface area contributed by atoms with Gasteiger partial charge in [0, 0.05) is 25.2 Å². The maximum absolute atomic E-state index is 9.42. The first kappa shape index (κ1) is 14.9. The SMILES string of the molecule is CCCC(C)C(CN)NC1CCCCC1CO. The van der Waals surface area contributed by atoms with Crippen LogP contribution in [0.3, 0.4) is 0 Å². The van der Waals surface area contributed by atoms with Gasteiger partial charge in [-0.3, -0.25) is 0 Å². The van der Waals surface area contributed by atoms with E-state index in [4.69, 9.17) is 5.73 Å². The quantitative estimate of drug-likeness (QED) is 0.639. The Balaban J connectivity index is 2.47. The summed E-state index contributed by atoms with van der Waals surface area (Å²) in [6, 6.07) is 0.883. The Bertz CT molecular complexity index is 199. The number of nitrogens with one attached hydrogen (secondary N) is 1. The zero-order valence-corrected chi connectivity index (χ0v) is 11.5. The number of rotatable bonds is 7. The molecule has 0 saturated heterocycles. The van der Waals surface area contributed by atoms with Crippen LogP contribution in [0.15, 0.2) is 0 Å². The highest BCUT2D eigenvalue weighted by Gasteiger charge is 2.27. The molecule has 0 heterocycles. The number of nitrogens with two attached hydrogens (primary N) is 1. The second-order valence-corrected chi connectivity index (χ2v) is 5.61. The largest absolute Gasteiger partial charge is 0.396 e. The Labute approximate surface area is 106 Å². The van der Waals surface area contributed by atoms with E-state index in [9.17, 15) is 5.11 Å². The van der Waals surface area contributed by atoms with Crippen molar-refractivity contribution in [1.29, 1.82) is 0 Å². The van der Waals surface area contributed by atoms with Crippen LogP contribution in [0.1, 0.15) is 52.4 Å². The molecule has 0 aromatic rings. The fourth-order valence-corrected chi connectivity index (χ4v) is 3.04. The van der Waals surface area contributed by atoms with Gasteiger partial charge >= 0.3 is 0 Å². The van der Waals surface area contributed by atoms with Crippen LogP contribution in [0.25, 0.3) is 0 Å². The zero-order chi connectivity index (χ0) is 12.7. The molecule has 4 atom stereocenters. The van der Waals surface area contributed by atoms with Crippen molar-refractivity contribution in [3.63, 3.8) is 0 Å². The first-order chi connectivity index (χ1) is 8.22. The van der Waals surface area contributed by atoms with Gasteiger partial charge in [0.2, 0.25) is 0 Å². The maximum atomic E-state index is 9.42. The molecule has 0 aliphatic heterocycles. The van der Waals surface area contributed by atoms with Gasteiger partial charge < -0.3 is 16.2 Å². The molecule has 102 valence electrons. The number of hydrogen-bond acceptors (Lipinski definition) is 3. The summed E-state index contributed by atoms with van der Waals surface area (Å²) in [6.07, 6.45) is 7.35. The Morgan fingerprint density at radius 1 is 1.35 bits per heavy atom. The minimum atomic E-state index is 0.317. The fraction of sp³-hybridized carbons (Fsp3) is 1.00. The molecule has 4 N–H and O–H groups in total. The topological polar surface area (TPSA) is 58.3 Å². The highest BCUT2D eigenvalue weighted by molar-refractivity contribution is 4.85. The summed E-state index contributed by atoms with van der Waals surface area (Å²) in [5.41, 5.74) is 5.88. The van der Waals surface area contributed by atoms with Gasteiger partial charge in [-0.2, -0.15) is 0 Å². The van der Waals surface area contributed by atoms with Crippen molar-refractivity contribution in [2.45, 2.75) is 64.5 Å². The van der Waals surface area contributed by atoms with E-state index >= 15 is 0 Å². The molecule has 1 rings (SSSR count). The molecular weight excluding hydrogens is 212 g/mol. The van der Waals surface area contributed by atoms with E-state index in [1.54, 1.807) is 0 Å². The Kier molecular flexibility index (Phi) is 7.09. The number of aliphatic hydroxyl groups excluding tert-OH is 1. The summed E-state index contributed by atoms with van der Waals surface area (Å²) in [5.74, 6) is 1.07. The molecule has 1 saturated carbocycles. The monoisotopic (exact) mass is 242 g/mol. The predicted octanol–water partition coefficient (Wildman–Crippen LogP) is 1.89. The smallest absolute Gasteiger partial charge is 0.0474 e. The van der Waals surface area contributed by atoms with Gasteiger partial charge in [-0.1, -0.05) is 33.1 Å². The molecule has 1 aliphatic rings. The second kappa shape index (κ2) is 8.06. The van der Waals surface area contributed by atoms with Crippen LogP contribution in [0.5, 0.6) is 0 Å². The van der Waals surface area contributed by atoms with Crippen LogP contribution in [0, 0.1) is 11.8 Å². The highest BCUT2D eigenvalue weighted by atomic mass is 16.3. The molecule has 4 unspecified atom stereocenters. The summed E-state index contributed by atoms with van der Waals surface area (Å²) in [4.78, 5) is 0. The maximum Gasteiger partial charge on any atom is 0.0474 e. The van der Waals surface area contributed by atoms with Crippen LogP contribution in [0.2, 0.25) is 0 Å². The van der Waals surface area contributed by atoms with Crippen LogP contribution < -0.4 is 11.1 Å². The van der Waals surface area contributed by atoms with Crippen LogP contribution in [-0.4, -0.2) is 30.3 Å². The van der Waals surface area contributed by atoms with Gasteiger partial charge in [0.1, 0.15) is 0 Å². The lowest BCUT2D eigenvalue weighted by atomic mass is 9.83. The van der Waals surface area contributed by atoms with E-state index in [0.29, 0.717) is 37.1 Å². The van der Waals surface area contributed by atoms with Crippen molar-refractivity contribution < 1.29 is 5.11 Å². The lowest BCUT2D eigenvalue weighted by Crippen LogP contribution is -2.50. The van der Waals surface area contributed by atoms with E-state index in [-0.39, 0.29) is 0 Å². The Hall–Kier alpha value is -0.120. The van der Waals surface area contributed by atoms with Crippen molar-refractivity contribution in [2.75, 3.05) is 13.2 Å². The average Bonchev–Trinajstić information content (AvgIpc) is 2.36. The lowest BCUT2D eigenvalue weighted by molar-refractivity contribution is 0.139. The molecule has 1 aliphatic carbocycles. The summed E-state index contributed by atoms with van der Waals surface area (Å²) in [5, 5.41) is 13.1. The van der Waals surface area contributed by atoms with Gasteiger partial charge in [0.25, 0.3) is 0 Å². The molecule has 1 fully saturated rings. The first-order valence-corrected chi connectivity index (χ1v) is 7.29. The minimum Gasteiger partial charge on any atom is -0.396 e. The predicted molar refractivity (Wildman–Crippen MR) is 72.9 cm³/mol. The van der Waals surface area contributed by atoms with E-state index in [1.165, 1.54) is 32.1 Å². The minimum absolute atomic E-state index is 0.317. The molecule has 0 radical (unpaired) electrons. The standard InChI is InChI=1S/C14H30N2O/c1-3-6-11(2)14(9-15)16-13-8-5-4-7-12(13)10-17/h11-14,16-17H,3-10,15H2,1-2H3. The first-order valence-electron chi connectivity index (χ1n) is 7.29. The summed E-state index contributed by atoms with van der Waals surface area (Å²) < 4.78 is 0. The van der Waals surface area contributed by atoms with E-state index in [0.717, 1.165) is 6.42 Å². The molecule has 0 spiro atoms. The van der Waals surface area contributed by atoms with Gasteiger partial charge in [0.05, 0.1) is 0 Å². The molecule has 0 amide bonds. The van der Waals surface area contributed by atoms with Gasteiger partial charge in [0.15, 0.2) is 0 Å². The third-order valence-corrected chi connectivity index (χ3v) is 4.26. The van der Waals surface area contributed by atoms with Gasteiger partial charge in [-0.15, -0.1) is 0 Å². The van der Waals surface area contributed by atoms with Crippen molar-refractivity contribution >= 4 is 0 Å². The third-order valence-electron chi connectivity index (χ3n) is 4.26. The van der Waals surface area contributed by atoms with E-state index < -0.39 is 0 Å².